The van der Waals surface area contributed by atoms with Crippen molar-refractivity contribution in [3.8, 4) is 11.4 Å². The third kappa shape index (κ3) is 12.0. The molecule has 0 aliphatic carbocycles. The van der Waals surface area contributed by atoms with Gasteiger partial charge in [-0.25, -0.2) is 0 Å². The fourth-order valence-electron chi connectivity index (χ4n) is 1.77. The summed E-state index contributed by atoms with van der Waals surface area (Å²) in [4.78, 5) is 14.1. The molecule has 1 unspecified atom stereocenters. The summed E-state index contributed by atoms with van der Waals surface area (Å²) in [5.41, 5.74) is 1.92. The zero-order valence-electron chi connectivity index (χ0n) is 16.9. The van der Waals surface area contributed by atoms with Gasteiger partial charge in [0.05, 0.1) is 7.05 Å². The van der Waals surface area contributed by atoms with Crippen LogP contribution < -0.4 is 0 Å². The molecule has 1 N–H and O–H groups in total. The number of carboxylic acids is 1. The number of likely N-dealkylation sites (N-methyl/N-ethyl adjacent to an activating group) is 1. The Kier molecular flexibility index (Phi) is 19.1. The number of hydrogen-bond acceptors (Lipinski definition) is 5. The van der Waals surface area contributed by atoms with Gasteiger partial charge in [0.25, 0.3) is 0 Å². The van der Waals surface area contributed by atoms with Crippen molar-refractivity contribution in [2.24, 2.45) is 7.05 Å². The van der Waals surface area contributed by atoms with Crippen LogP contribution in [0.2, 0.25) is 0 Å². The van der Waals surface area contributed by atoms with Crippen LogP contribution >= 0.6 is 40.0 Å². The van der Waals surface area contributed by atoms with Crippen molar-refractivity contribution in [2.75, 3.05) is 7.05 Å². The number of benzene rings is 1. The Morgan fingerprint density at radius 3 is 2.07 bits per heavy atom. The Labute approximate surface area is 191 Å². The number of hydrogen-bond donors (Lipinski definition) is 1. The van der Waals surface area contributed by atoms with Gasteiger partial charge in [0.1, 0.15) is 6.04 Å². The van der Waals surface area contributed by atoms with E-state index in [0.717, 1.165) is 11.1 Å². The third-order valence-corrected chi connectivity index (χ3v) is 3.17. The molecule has 153 valence electrons. The Morgan fingerprint density at radius 1 is 1.22 bits per heavy atom. The van der Waals surface area contributed by atoms with E-state index in [4.69, 9.17) is 5.11 Å². The number of rotatable bonds is 5. The van der Waals surface area contributed by atoms with Gasteiger partial charge in [0, 0.05) is 12.1 Å². The van der Waals surface area contributed by atoms with Gasteiger partial charge in [-0.05, 0) is 24.7 Å². The second-order valence-electron chi connectivity index (χ2n) is 4.79. The van der Waals surface area contributed by atoms with Crippen LogP contribution in [0.4, 0.5) is 0 Å². The van der Waals surface area contributed by atoms with E-state index in [-0.39, 0.29) is 0 Å². The number of nitrogens with zero attached hydrogens (tertiary/aromatic N) is 5. The second-order valence-corrected chi connectivity index (χ2v) is 16.6. The van der Waals surface area contributed by atoms with Gasteiger partial charge in [-0.1, -0.05) is 52.0 Å². The maximum atomic E-state index is 10.9. The minimum atomic E-state index is -0.826. The summed E-state index contributed by atoms with van der Waals surface area (Å²) >= 11 is 4.74. The van der Waals surface area contributed by atoms with Crippen LogP contribution in [0.15, 0.2) is 24.3 Å². The molecule has 2 aromatic rings. The number of halogens is 2. The summed E-state index contributed by atoms with van der Waals surface area (Å²) in [7, 11) is 4.13. The van der Waals surface area contributed by atoms with Crippen molar-refractivity contribution in [1.82, 2.24) is 25.1 Å². The number of carbonyl (C=O) groups is 1. The SMILES string of the molecule is CC.CC.CC(C(=O)O)N(C)Cc1ccc(-c2nnn(C)n2)cc1.[I][V][I]. The van der Waals surface area contributed by atoms with Crippen molar-refractivity contribution in [3.63, 3.8) is 0 Å². The van der Waals surface area contributed by atoms with Crippen molar-refractivity contribution < 1.29 is 19.4 Å². The molecule has 0 spiro atoms. The number of aromatic nitrogens is 4. The molecule has 7 nitrogen and oxygen atoms in total. The first-order valence-corrected chi connectivity index (χ1v) is 17.6. The summed E-state index contributed by atoms with van der Waals surface area (Å²) < 4.78 is 0. The number of aryl methyl sites for hydroxylation is 1. The van der Waals surface area contributed by atoms with Crippen LogP contribution in [0.25, 0.3) is 11.4 Å². The van der Waals surface area contributed by atoms with Gasteiger partial charge in [0.15, 0.2) is 0 Å². The first-order chi connectivity index (χ1) is 12.9. The van der Waals surface area contributed by atoms with Crippen molar-refractivity contribution in [2.45, 2.75) is 47.2 Å². The first-order valence-electron chi connectivity index (χ1n) is 8.57. The van der Waals surface area contributed by atoms with Gasteiger partial charge in [0.2, 0.25) is 5.82 Å². The van der Waals surface area contributed by atoms with Gasteiger partial charge in [-0.3, -0.25) is 9.69 Å². The van der Waals surface area contributed by atoms with Crippen molar-refractivity contribution in [3.05, 3.63) is 29.8 Å². The van der Waals surface area contributed by atoms with Crippen LogP contribution in [-0.4, -0.2) is 49.3 Å². The quantitative estimate of drug-likeness (QED) is 0.482. The number of aliphatic carboxylic acids is 1. The molecule has 1 aromatic heterocycles. The fraction of sp³-hybridized carbons (Fsp3) is 0.529. The Bertz CT molecular complexity index is 626. The topological polar surface area (TPSA) is 84.1 Å². The zero-order chi connectivity index (χ0) is 21.4. The van der Waals surface area contributed by atoms with E-state index in [1.54, 1.807) is 25.9 Å². The summed E-state index contributed by atoms with van der Waals surface area (Å²) in [6.45, 7) is 10.2. The monoisotopic (exact) mass is 640 g/mol. The molecule has 1 heterocycles. The van der Waals surface area contributed by atoms with Crippen LogP contribution in [0.5, 0.6) is 0 Å². The van der Waals surface area contributed by atoms with Crippen LogP contribution in [0, 0.1) is 0 Å². The molecule has 0 bridgehead atoms. The fourth-order valence-corrected chi connectivity index (χ4v) is 1.77. The molecular weight excluding hydrogens is 611 g/mol. The number of carboxylic acid groups (broad SMARTS) is 1. The summed E-state index contributed by atoms with van der Waals surface area (Å²) in [5, 5.41) is 20.8. The van der Waals surface area contributed by atoms with E-state index < -0.39 is 12.0 Å². The van der Waals surface area contributed by atoms with E-state index in [1.165, 1.54) is 4.80 Å². The maximum absolute atomic E-state index is 10.9. The average molecular weight is 640 g/mol. The third-order valence-electron chi connectivity index (χ3n) is 3.17. The molecule has 1 atom stereocenters. The molecule has 2 rings (SSSR count). The standard InChI is InChI=1S/C13H17N5O2.2C2H6.2HI.V/c1-9(13(19)20)17(2)8-10-4-6-11(7-5-10)12-14-16-18(3)15-12;2*1-2;;;/h4-7,9H,8H2,1-3H3,(H,19,20);2*1-2H3;2*1H;/q;;;;;+2/p-2. The zero-order valence-corrected chi connectivity index (χ0v) is 22.6. The molecule has 10 heteroatoms. The molecule has 0 saturated carbocycles. The Hall–Kier alpha value is -0.236. The van der Waals surface area contributed by atoms with E-state index in [9.17, 15) is 4.79 Å². The number of tetrazole rings is 1. The van der Waals surface area contributed by atoms with E-state index >= 15 is 0 Å². The second kappa shape index (κ2) is 17.8. The summed E-state index contributed by atoms with van der Waals surface area (Å²) in [5.74, 6) is -0.251. The van der Waals surface area contributed by atoms with Crippen molar-refractivity contribution in [1.29, 1.82) is 0 Å². The summed E-state index contributed by atoms with van der Waals surface area (Å²) in [6, 6.07) is 7.18. The normalized spacial score (nSPS) is 10.3. The summed E-state index contributed by atoms with van der Waals surface area (Å²) in [6.07, 6.45) is 0. The predicted octanol–water partition coefficient (Wildman–Crippen LogP) is 4.60. The first kappa shape index (κ1) is 29.0. The van der Waals surface area contributed by atoms with E-state index in [1.807, 2.05) is 52.0 Å². The molecule has 0 aliphatic heterocycles. The van der Waals surface area contributed by atoms with Gasteiger partial charge >= 0.3 is 55.4 Å². The predicted molar refractivity (Wildman–Crippen MR) is 124 cm³/mol. The molecule has 0 fully saturated rings. The van der Waals surface area contributed by atoms with Gasteiger partial charge in [-0.2, -0.15) is 4.80 Å². The average Bonchev–Trinajstić information content (AvgIpc) is 3.12. The van der Waals surface area contributed by atoms with Crippen LogP contribution in [-0.2, 0) is 27.9 Å². The molecular formula is C17H29I2N5O2V. The van der Waals surface area contributed by atoms with Crippen molar-refractivity contribution >= 4 is 45.9 Å². The van der Waals surface area contributed by atoms with E-state index in [0.29, 0.717) is 21.8 Å². The minimum absolute atomic E-state index is 0.517. The Morgan fingerprint density at radius 2 is 1.70 bits per heavy atom. The molecule has 1 aromatic carbocycles. The van der Waals surface area contributed by atoms with Gasteiger partial charge < -0.3 is 5.11 Å². The molecule has 0 radical (unpaired) electrons. The van der Waals surface area contributed by atoms with Crippen LogP contribution in [0.3, 0.4) is 0 Å². The molecule has 27 heavy (non-hydrogen) atoms. The molecule has 0 aliphatic rings. The Balaban J connectivity index is 0. The van der Waals surface area contributed by atoms with E-state index in [2.05, 4.69) is 55.4 Å². The molecule has 0 saturated heterocycles. The van der Waals surface area contributed by atoms with Gasteiger partial charge in [-0.15, -0.1) is 10.2 Å². The molecule has 0 amide bonds. The van der Waals surface area contributed by atoms with Crippen LogP contribution in [0.1, 0.15) is 40.2 Å².